The minimum Gasteiger partial charge on any atom is -0.355 e. The number of hydrogen-bond donors (Lipinski definition) is 2. The monoisotopic (exact) mass is 333 g/mol. The lowest BCUT2D eigenvalue weighted by molar-refractivity contribution is -0.122. The number of amides is 1. The number of likely N-dealkylation sites (N-methyl/N-ethyl adjacent to an activating group) is 1. The van der Waals surface area contributed by atoms with Crippen molar-refractivity contribution in [1.29, 1.82) is 0 Å². The first-order chi connectivity index (χ1) is 9.68. The molecule has 21 heavy (non-hydrogen) atoms. The molecule has 0 radical (unpaired) electrons. The zero-order valence-corrected chi connectivity index (χ0v) is 13.7. The van der Waals surface area contributed by atoms with E-state index in [0.717, 1.165) is 0 Å². The Morgan fingerprint density at radius 2 is 1.81 bits per heavy atom. The normalized spacial score (nSPS) is 15.8. The smallest absolute Gasteiger partial charge is 0.328 e. The summed E-state index contributed by atoms with van der Waals surface area (Å²) in [6, 6.07) is 7.09. The Morgan fingerprint density at radius 1 is 1.24 bits per heavy atom. The van der Waals surface area contributed by atoms with Crippen LogP contribution < -0.4 is 10.0 Å². The van der Waals surface area contributed by atoms with Crippen molar-refractivity contribution in [3.63, 3.8) is 0 Å². The van der Waals surface area contributed by atoms with Gasteiger partial charge < -0.3 is 5.32 Å². The molecular weight excluding hydrogens is 314 g/mol. The van der Waals surface area contributed by atoms with Gasteiger partial charge in [-0.05, 0) is 26.0 Å². The van der Waals surface area contributed by atoms with Gasteiger partial charge in [0.05, 0.1) is 15.8 Å². The van der Waals surface area contributed by atoms with E-state index in [4.69, 9.17) is 0 Å². The molecule has 0 spiro atoms. The molecule has 1 amide bonds. The molecule has 1 aromatic carbocycles. The van der Waals surface area contributed by atoms with Crippen LogP contribution in [-0.4, -0.2) is 37.4 Å². The molecule has 7 nitrogen and oxygen atoms in total. The summed E-state index contributed by atoms with van der Waals surface area (Å²) >= 11 is 0. The van der Waals surface area contributed by atoms with Crippen LogP contribution in [0.3, 0.4) is 0 Å². The summed E-state index contributed by atoms with van der Waals surface area (Å²) in [4.78, 5) is 11.8. The molecule has 2 N–H and O–H groups in total. The van der Waals surface area contributed by atoms with Crippen molar-refractivity contribution in [2.45, 2.75) is 24.8 Å². The molecule has 0 aromatic heterocycles. The Labute approximate surface area is 125 Å². The van der Waals surface area contributed by atoms with Gasteiger partial charge in [0.25, 0.3) is 0 Å². The Balaban J connectivity index is 3.02. The van der Waals surface area contributed by atoms with Crippen LogP contribution in [0.25, 0.3) is 0 Å². The molecule has 0 saturated heterocycles. The molecule has 0 aliphatic heterocycles. The second-order valence-electron chi connectivity index (χ2n) is 4.40. The molecule has 9 heteroatoms. The molecule has 118 valence electrons. The van der Waals surface area contributed by atoms with Crippen LogP contribution in [0.5, 0.6) is 0 Å². The molecule has 0 fully saturated rings. The van der Waals surface area contributed by atoms with Gasteiger partial charge in [-0.15, -0.1) is 0 Å². The maximum absolute atomic E-state index is 12.4. The van der Waals surface area contributed by atoms with E-state index in [0.29, 0.717) is 11.4 Å². The number of rotatable bonds is 6. The van der Waals surface area contributed by atoms with Gasteiger partial charge in [-0.2, -0.15) is 13.1 Å². The minimum atomic E-state index is -4.21. The molecular formula is C12H19N3O4S2. The fourth-order valence-corrected chi connectivity index (χ4v) is 4.76. The number of nitrogens with one attached hydrogen (secondary N) is 2. The van der Waals surface area contributed by atoms with E-state index in [1.54, 1.807) is 25.1 Å². The second-order valence-corrected chi connectivity index (χ2v) is 8.26. The van der Waals surface area contributed by atoms with Crippen molar-refractivity contribution >= 4 is 25.8 Å². The molecule has 2 atom stereocenters. The second kappa shape index (κ2) is 7.01. The van der Waals surface area contributed by atoms with Gasteiger partial charge in [0, 0.05) is 17.7 Å². The van der Waals surface area contributed by atoms with Gasteiger partial charge in [-0.3, -0.25) is 4.79 Å². The zero-order valence-electron chi connectivity index (χ0n) is 12.1. The molecule has 1 rings (SSSR count). The van der Waals surface area contributed by atoms with E-state index in [1.807, 2.05) is 0 Å². The fourth-order valence-electron chi connectivity index (χ4n) is 1.53. The third kappa shape index (κ3) is 5.44. The Hall–Kier alpha value is -1.45. The molecule has 0 bridgehead atoms. The topological polar surface area (TPSA) is 105 Å². The Bertz CT molecular complexity index is 707. The molecule has 0 heterocycles. The van der Waals surface area contributed by atoms with Crippen molar-refractivity contribution in [2.24, 2.45) is 3.77 Å². The third-order valence-electron chi connectivity index (χ3n) is 2.49. The van der Waals surface area contributed by atoms with E-state index in [2.05, 4.69) is 13.8 Å². The average Bonchev–Trinajstić information content (AvgIpc) is 2.38. The predicted molar refractivity (Wildman–Crippen MR) is 81.4 cm³/mol. The van der Waals surface area contributed by atoms with Crippen LogP contribution >= 0.6 is 0 Å². The first-order valence-corrected chi connectivity index (χ1v) is 9.63. The maximum Gasteiger partial charge on any atom is 0.328 e. The zero-order chi connectivity index (χ0) is 16.1. The van der Waals surface area contributed by atoms with Gasteiger partial charge in [0.1, 0.15) is 0 Å². The summed E-state index contributed by atoms with van der Waals surface area (Å²) in [5, 5.41) is 2.48. The van der Waals surface area contributed by atoms with E-state index in [-0.39, 0.29) is 0 Å². The van der Waals surface area contributed by atoms with Gasteiger partial charge in [-0.1, -0.05) is 22.0 Å². The van der Waals surface area contributed by atoms with Crippen LogP contribution in [0.15, 0.2) is 39.0 Å². The molecule has 0 aliphatic carbocycles. The quantitative estimate of drug-likeness (QED) is 0.791. The van der Waals surface area contributed by atoms with Crippen LogP contribution in [0.4, 0.5) is 0 Å². The summed E-state index contributed by atoms with van der Waals surface area (Å²) in [6.07, 6.45) is 1.23. The minimum absolute atomic E-state index is 0.307. The van der Waals surface area contributed by atoms with E-state index in [1.165, 1.54) is 25.3 Å². The number of carbonyl (C=O) groups excluding carboxylic acids is 1. The van der Waals surface area contributed by atoms with Crippen molar-refractivity contribution in [3.8, 4) is 0 Å². The van der Waals surface area contributed by atoms with E-state index < -0.39 is 31.9 Å². The van der Waals surface area contributed by atoms with Crippen LogP contribution in [0.1, 0.15) is 13.8 Å². The summed E-state index contributed by atoms with van der Waals surface area (Å²) in [5.74, 6) is -0.474. The predicted octanol–water partition coefficient (Wildman–Crippen LogP) is 0.502. The number of hydrogen-bond acceptors (Lipinski definition) is 4. The van der Waals surface area contributed by atoms with Crippen LogP contribution in [0, 0.1) is 0 Å². The molecule has 0 aliphatic rings. The summed E-state index contributed by atoms with van der Waals surface area (Å²) < 4.78 is 41.7. The lowest BCUT2D eigenvalue weighted by Gasteiger charge is -2.12. The van der Waals surface area contributed by atoms with Crippen molar-refractivity contribution < 1.29 is 17.4 Å². The highest BCUT2D eigenvalue weighted by atomic mass is 32.3. The summed E-state index contributed by atoms with van der Waals surface area (Å²) in [6.45, 7) is 3.49. The highest BCUT2D eigenvalue weighted by Crippen LogP contribution is 2.12. The largest absolute Gasteiger partial charge is 0.355 e. The van der Waals surface area contributed by atoms with Crippen LogP contribution in [0.2, 0.25) is 0 Å². The Morgan fingerprint density at radius 3 is 2.33 bits per heavy atom. The SMILES string of the molecule is CCNC(=O)[C@@H](C)NS(=O)(=O)N=[S@](C)(=O)c1ccccc1. The first-order valence-electron chi connectivity index (χ1n) is 6.26. The summed E-state index contributed by atoms with van der Waals surface area (Å²) in [7, 11) is -7.32. The van der Waals surface area contributed by atoms with Gasteiger partial charge in [0.15, 0.2) is 0 Å². The van der Waals surface area contributed by atoms with Gasteiger partial charge in [-0.25, -0.2) is 4.21 Å². The third-order valence-corrected chi connectivity index (χ3v) is 6.21. The van der Waals surface area contributed by atoms with E-state index in [9.17, 15) is 17.4 Å². The van der Waals surface area contributed by atoms with E-state index >= 15 is 0 Å². The molecule has 0 saturated carbocycles. The highest BCUT2D eigenvalue weighted by Gasteiger charge is 2.21. The number of benzene rings is 1. The lowest BCUT2D eigenvalue weighted by atomic mass is 10.3. The molecule has 0 unspecified atom stereocenters. The van der Waals surface area contributed by atoms with Crippen molar-refractivity contribution in [2.75, 3.05) is 12.8 Å². The standard InChI is InChI=1S/C12H19N3O4S2/c1-4-13-12(16)10(2)14-21(18,19)15-20(3,17)11-8-6-5-7-9-11/h5-10,14H,4H2,1-3H3,(H,13,16)/t10-,20-/m1/s1. The number of nitrogens with zero attached hydrogens (tertiary/aromatic N) is 1. The van der Waals surface area contributed by atoms with Crippen LogP contribution in [-0.2, 0) is 24.7 Å². The lowest BCUT2D eigenvalue weighted by Crippen LogP contribution is -2.44. The number of carbonyl (C=O) groups is 1. The molecule has 1 aromatic rings. The Kier molecular flexibility index (Phi) is 5.87. The van der Waals surface area contributed by atoms with Gasteiger partial charge in [0.2, 0.25) is 5.91 Å². The fraction of sp³-hybridized carbons (Fsp3) is 0.417. The van der Waals surface area contributed by atoms with Gasteiger partial charge >= 0.3 is 10.2 Å². The highest BCUT2D eigenvalue weighted by molar-refractivity contribution is 8.02. The first kappa shape index (κ1) is 17.6. The summed E-state index contributed by atoms with van der Waals surface area (Å²) in [5.41, 5.74) is 0. The van der Waals surface area contributed by atoms with Crippen molar-refractivity contribution in [3.05, 3.63) is 30.3 Å². The average molecular weight is 333 g/mol. The van der Waals surface area contributed by atoms with Crippen molar-refractivity contribution in [1.82, 2.24) is 10.0 Å². The maximum atomic E-state index is 12.4.